The van der Waals surface area contributed by atoms with Gasteiger partial charge in [0.2, 0.25) is 10.0 Å². The molecule has 4 rings (SSSR count). The highest BCUT2D eigenvalue weighted by Crippen LogP contribution is 2.42. The second kappa shape index (κ2) is 9.87. The van der Waals surface area contributed by atoms with Crippen molar-refractivity contribution in [2.24, 2.45) is 5.92 Å². The maximum absolute atomic E-state index is 12.3. The summed E-state index contributed by atoms with van der Waals surface area (Å²) in [4.78, 5) is 2.31. The number of thiocarbonyl (C=S) groups is 1. The Morgan fingerprint density at radius 1 is 1.06 bits per heavy atom. The molecule has 0 saturated carbocycles. The third-order valence-corrected chi connectivity index (χ3v) is 8.62. The lowest BCUT2D eigenvalue weighted by Gasteiger charge is -2.42. The van der Waals surface area contributed by atoms with Crippen LogP contribution >= 0.6 is 12.2 Å². The molecule has 1 atom stereocenters. The Labute approximate surface area is 206 Å². The number of hydrogen-bond donors (Lipinski definition) is 2. The molecule has 1 aromatic heterocycles. The van der Waals surface area contributed by atoms with Crippen LogP contribution in [0, 0.1) is 5.92 Å². The molecular weight excluding hydrogens is 470 g/mol. The van der Waals surface area contributed by atoms with E-state index >= 15 is 0 Å². The van der Waals surface area contributed by atoms with Gasteiger partial charge >= 0.3 is 0 Å². The van der Waals surface area contributed by atoms with E-state index in [-0.39, 0.29) is 10.8 Å². The summed E-state index contributed by atoms with van der Waals surface area (Å²) < 4.78 is 31.0. The van der Waals surface area contributed by atoms with Gasteiger partial charge in [-0.15, -0.1) is 0 Å². The van der Waals surface area contributed by atoms with E-state index in [1.165, 1.54) is 18.4 Å². The molecule has 2 aromatic carbocycles. The molecule has 0 amide bonds. The van der Waals surface area contributed by atoms with Crippen molar-refractivity contribution in [2.45, 2.75) is 23.3 Å². The molecule has 1 saturated heterocycles. The number of hydrogen-bond acceptors (Lipinski definition) is 5. The molecule has 9 heteroatoms. The highest BCUT2D eigenvalue weighted by molar-refractivity contribution is 7.89. The highest BCUT2D eigenvalue weighted by atomic mass is 32.2. The Kier molecular flexibility index (Phi) is 7.09. The van der Waals surface area contributed by atoms with Crippen LogP contribution in [0.1, 0.15) is 24.0 Å². The van der Waals surface area contributed by atoms with Crippen molar-refractivity contribution < 1.29 is 17.9 Å². The monoisotopic (exact) mass is 499 g/mol. The van der Waals surface area contributed by atoms with Crippen LogP contribution in [-0.2, 0) is 15.6 Å². The summed E-state index contributed by atoms with van der Waals surface area (Å²) in [5.41, 5.74) is 1.20. The summed E-state index contributed by atoms with van der Waals surface area (Å²) in [7, 11) is -0.461. The number of piperidine rings is 1. The maximum Gasteiger partial charge on any atom is 0.242 e. The van der Waals surface area contributed by atoms with Crippen LogP contribution in [-0.4, -0.2) is 55.0 Å². The van der Waals surface area contributed by atoms with E-state index in [0.717, 1.165) is 29.7 Å². The van der Waals surface area contributed by atoms with Crippen LogP contribution in [0.4, 0.5) is 5.69 Å². The Morgan fingerprint density at radius 3 is 2.26 bits per heavy atom. The lowest BCUT2D eigenvalue weighted by atomic mass is 9.73. The average molecular weight is 500 g/mol. The van der Waals surface area contributed by atoms with Crippen LogP contribution in [0.25, 0.3) is 0 Å². The van der Waals surface area contributed by atoms with Crippen LogP contribution < -0.4 is 5.32 Å². The molecule has 0 bridgehead atoms. The molecule has 1 fully saturated rings. The Morgan fingerprint density at radius 2 is 1.71 bits per heavy atom. The first kappa shape index (κ1) is 24.4. The summed E-state index contributed by atoms with van der Waals surface area (Å²) in [6.07, 6.45) is 4.70. The Bertz CT molecular complexity index is 1200. The highest BCUT2D eigenvalue weighted by Gasteiger charge is 2.42. The SMILES string of the molecule is CN(C)S(=O)(=O)c1ccc(NC(=S)N2CCC(C(O)(c3ccccc3)c3ccoc3)CC2)cc1. The molecule has 1 aliphatic rings. The fraction of sp³-hybridized carbons (Fsp3) is 0.320. The van der Waals surface area contributed by atoms with E-state index in [2.05, 4.69) is 10.2 Å². The van der Waals surface area contributed by atoms with Crippen molar-refractivity contribution in [3.05, 3.63) is 84.3 Å². The first-order valence-corrected chi connectivity index (χ1v) is 13.0. The number of rotatable bonds is 6. The molecule has 0 aliphatic carbocycles. The third-order valence-electron chi connectivity index (χ3n) is 6.43. The number of aliphatic hydroxyl groups is 1. The van der Waals surface area contributed by atoms with Gasteiger partial charge in [0.05, 0.1) is 17.4 Å². The number of benzene rings is 2. The summed E-state index contributed by atoms with van der Waals surface area (Å²) in [6, 6.07) is 18.1. The topological polar surface area (TPSA) is 86.0 Å². The van der Waals surface area contributed by atoms with E-state index in [4.69, 9.17) is 16.6 Å². The van der Waals surface area contributed by atoms with Crippen molar-refractivity contribution in [1.29, 1.82) is 0 Å². The lowest BCUT2D eigenvalue weighted by molar-refractivity contribution is -0.00674. The first-order valence-electron chi connectivity index (χ1n) is 11.1. The van der Waals surface area contributed by atoms with Gasteiger partial charge in [0.15, 0.2) is 5.11 Å². The number of likely N-dealkylation sites (tertiary alicyclic amines) is 1. The lowest BCUT2D eigenvalue weighted by Crippen LogP contribution is -2.47. The maximum atomic E-state index is 12.3. The molecule has 0 radical (unpaired) electrons. The van der Waals surface area contributed by atoms with Gasteiger partial charge in [-0.2, -0.15) is 0 Å². The number of furan rings is 1. The molecule has 0 spiro atoms. The Hall–Kier alpha value is -2.72. The molecular formula is C25H29N3O4S2. The van der Waals surface area contributed by atoms with E-state index in [0.29, 0.717) is 18.2 Å². The van der Waals surface area contributed by atoms with Gasteiger partial charge in [-0.3, -0.25) is 0 Å². The Balaban J connectivity index is 1.43. The molecule has 2 N–H and O–H groups in total. The summed E-state index contributed by atoms with van der Waals surface area (Å²) in [6.45, 7) is 1.38. The van der Waals surface area contributed by atoms with Crippen LogP contribution in [0.15, 0.2) is 82.5 Å². The standard InChI is InChI=1S/C25H29N3O4S2/c1-27(2)34(30,31)23-10-8-22(9-11-23)26-24(33)28-15-12-20(13-16-28)25(29,21-14-17-32-18-21)19-6-4-3-5-7-19/h3-11,14,17-18,20,29H,12-13,15-16H2,1-2H3,(H,26,33). The minimum Gasteiger partial charge on any atom is -0.472 e. The fourth-order valence-corrected chi connectivity index (χ4v) is 5.64. The van der Waals surface area contributed by atoms with E-state index in [1.807, 2.05) is 36.4 Å². The smallest absolute Gasteiger partial charge is 0.242 e. The molecule has 7 nitrogen and oxygen atoms in total. The van der Waals surface area contributed by atoms with Crippen molar-refractivity contribution in [1.82, 2.24) is 9.21 Å². The van der Waals surface area contributed by atoms with Gasteiger partial charge in [0, 0.05) is 38.4 Å². The van der Waals surface area contributed by atoms with Gasteiger partial charge in [0.25, 0.3) is 0 Å². The van der Waals surface area contributed by atoms with Crippen molar-refractivity contribution in [2.75, 3.05) is 32.5 Å². The zero-order valence-corrected chi connectivity index (χ0v) is 20.8. The second-order valence-electron chi connectivity index (χ2n) is 8.65. The van der Waals surface area contributed by atoms with Crippen molar-refractivity contribution >= 4 is 33.0 Å². The van der Waals surface area contributed by atoms with Crippen LogP contribution in [0.2, 0.25) is 0 Å². The predicted molar refractivity (Wildman–Crippen MR) is 136 cm³/mol. The molecule has 34 heavy (non-hydrogen) atoms. The van der Waals surface area contributed by atoms with Gasteiger partial charge in [-0.25, -0.2) is 12.7 Å². The zero-order chi connectivity index (χ0) is 24.3. The molecule has 1 unspecified atom stereocenters. The average Bonchev–Trinajstić information content (AvgIpc) is 3.40. The normalized spacial score (nSPS) is 16.9. The predicted octanol–water partition coefficient (Wildman–Crippen LogP) is 3.87. The molecule has 2 heterocycles. The van der Waals surface area contributed by atoms with E-state index in [9.17, 15) is 13.5 Å². The fourth-order valence-electron chi connectivity index (χ4n) is 4.44. The van der Waals surface area contributed by atoms with Gasteiger partial charge in [-0.1, -0.05) is 30.3 Å². The zero-order valence-electron chi connectivity index (χ0n) is 19.2. The van der Waals surface area contributed by atoms with Crippen molar-refractivity contribution in [3.8, 4) is 0 Å². The van der Waals surface area contributed by atoms with Gasteiger partial charge in [0.1, 0.15) is 5.60 Å². The summed E-state index contributed by atoms with van der Waals surface area (Å²) >= 11 is 5.62. The number of anilines is 1. The quantitative estimate of drug-likeness (QED) is 0.498. The number of nitrogens with zero attached hydrogens (tertiary/aromatic N) is 2. The summed E-state index contributed by atoms with van der Waals surface area (Å²) in [5, 5.41) is 15.7. The minimum atomic E-state index is -3.47. The first-order chi connectivity index (χ1) is 16.2. The van der Waals surface area contributed by atoms with Gasteiger partial charge in [-0.05, 0) is 66.9 Å². The minimum absolute atomic E-state index is 0.00192. The van der Waals surface area contributed by atoms with Crippen LogP contribution in [0.3, 0.4) is 0 Å². The van der Waals surface area contributed by atoms with Gasteiger partial charge < -0.3 is 19.7 Å². The molecule has 1 aliphatic heterocycles. The largest absolute Gasteiger partial charge is 0.472 e. The van der Waals surface area contributed by atoms with Crippen LogP contribution in [0.5, 0.6) is 0 Å². The molecule has 180 valence electrons. The van der Waals surface area contributed by atoms with E-state index in [1.54, 1.807) is 36.8 Å². The third kappa shape index (κ3) is 4.74. The molecule has 3 aromatic rings. The second-order valence-corrected chi connectivity index (χ2v) is 11.2. The van der Waals surface area contributed by atoms with E-state index < -0.39 is 15.6 Å². The van der Waals surface area contributed by atoms with Crippen molar-refractivity contribution in [3.63, 3.8) is 0 Å². The number of nitrogens with one attached hydrogen (secondary N) is 1. The summed E-state index contributed by atoms with van der Waals surface area (Å²) in [5.74, 6) is 0.00192. The number of sulfonamides is 1.